The molecule has 0 bridgehead atoms. The number of rotatable bonds is 11. The number of aliphatic hydroxyl groups is 4. The highest BCUT2D eigenvalue weighted by Crippen LogP contribution is 2.09. The Morgan fingerprint density at radius 3 is 2.08 bits per heavy atom. The summed E-state index contributed by atoms with van der Waals surface area (Å²) >= 11 is 0. The number of nitrogens with one attached hydrogen (secondary N) is 3. The Labute approximate surface area is 144 Å². The van der Waals surface area contributed by atoms with Crippen LogP contribution in [0.2, 0.25) is 0 Å². The average Bonchev–Trinajstić information content (AvgIpc) is 2.62. The van der Waals surface area contributed by atoms with E-state index in [1.165, 1.54) is 0 Å². The molecule has 0 saturated heterocycles. The summed E-state index contributed by atoms with van der Waals surface area (Å²) in [5, 5.41) is 37.8. The van der Waals surface area contributed by atoms with Gasteiger partial charge in [-0.25, -0.2) is 5.84 Å². The molecule has 0 aliphatic heterocycles. The van der Waals surface area contributed by atoms with Gasteiger partial charge in [0.15, 0.2) is 6.10 Å². The van der Waals surface area contributed by atoms with Crippen LogP contribution < -0.4 is 22.1 Å². The van der Waals surface area contributed by atoms with Crippen LogP contribution in [-0.4, -0.2) is 76.3 Å². The van der Waals surface area contributed by atoms with Gasteiger partial charge in [-0.15, -0.1) is 0 Å². The van der Waals surface area contributed by atoms with Crippen molar-refractivity contribution in [1.29, 1.82) is 0 Å². The van der Waals surface area contributed by atoms with Gasteiger partial charge >= 0.3 is 0 Å². The number of aliphatic hydroxyl groups excluding tert-OH is 4. The van der Waals surface area contributed by atoms with Crippen molar-refractivity contribution in [2.75, 3.05) is 13.7 Å². The number of carbonyl (C=O) groups excluding carboxylic acids is 3. The summed E-state index contributed by atoms with van der Waals surface area (Å²) in [5.74, 6) is 2.84. The van der Waals surface area contributed by atoms with Gasteiger partial charge in [-0.1, -0.05) is 0 Å². The molecular weight excluding hydrogens is 340 g/mol. The van der Waals surface area contributed by atoms with Crippen molar-refractivity contribution in [3.63, 3.8) is 0 Å². The molecule has 2 unspecified atom stereocenters. The maximum Gasteiger partial charge on any atom is 0.270 e. The Morgan fingerprint density at radius 2 is 1.60 bits per heavy atom. The van der Waals surface area contributed by atoms with E-state index in [1.807, 2.05) is 16.3 Å². The molecule has 0 aliphatic carbocycles. The maximum atomic E-state index is 11.7. The first-order valence-electron chi connectivity index (χ1n) is 7.54. The van der Waals surface area contributed by atoms with Gasteiger partial charge in [0, 0.05) is 20.0 Å². The lowest BCUT2D eigenvalue weighted by atomic mass is 10.0. The molecule has 9 N–H and O–H groups in total. The second-order valence-electron chi connectivity index (χ2n) is 5.20. The van der Waals surface area contributed by atoms with Gasteiger partial charge in [0.05, 0.1) is 6.61 Å². The minimum atomic E-state index is -2.01. The summed E-state index contributed by atoms with van der Waals surface area (Å²) in [5.41, 5.74) is 5.90. The molecule has 0 heterocycles. The second kappa shape index (κ2) is 12.5. The lowest BCUT2D eigenvalue weighted by Crippen LogP contribution is -2.55. The van der Waals surface area contributed by atoms with Gasteiger partial charge < -0.3 is 25.2 Å². The van der Waals surface area contributed by atoms with E-state index >= 15 is 0 Å². The van der Waals surface area contributed by atoms with E-state index in [-0.39, 0.29) is 18.7 Å². The van der Waals surface area contributed by atoms with E-state index < -0.39 is 42.8 Å². The number of hydrazine groups is 2. The Hall–Kier alpha value is -1.83. The monoisotopic (exact) mass is 366 g/mol. The van der Waals surface area contributed by atoms with Crippen molar-refractivity contribution in [3.8, 4) is 0 Å². The van der Waals surface area contributed by atoms with Crippen molar-refractivity contribution >= 4 is 17.7 Å². The van der Waals surface area contributed by atoms with E-state index in [1.54, 1.807) is 0 Å². The number of amides is 3. The SMILES string of the molecule is CO[C@H](C(O)CO)[C@H](O)C(O)C(=O)NNC(=O)CCCCC(=O)NN. The van der Waals surface area contributed by atoms with Crippen LogP contribution in [0.4, 0.5) is 0 Å². The lowest BCUT2D eigenvalue weighted by molar-refractivity contribution is -0.155. The predicted octanol–water partition coefficient (Wildman–Crippen LogP) is -4.23. The van der Waals surface area contributed by atoms with Gasteiger partial charge in [-0.3, -0.25) is 30.7 Å². The molecule has 0 aliphatic rings. The molecule has 3 amide bonds. The number of ether oxygens (including phenoxy) is 1. The fraction of sp³-hybridized carbons (Fsp3) is 0.769. The predicted molar refractivity (Wildman–Crippen MR) is 83.0 cm³/mol. The van der Waals surface area contributed by atoms with Crippen LogP contribution in [0.5, 0.6) is 0 Å². The molecule has 12 nitrogen and oxygen atoms in total. The van der Waals surface area contributed by atoms with Gasteiger partial charge in [-0.2, -0.15) is 0 Å². The highest BCUT2D eigenvalue weighted by Gasteiger charge is 2.35. The third kappa shape index (κ3) is 8.72. The van der Waals surface area contributed by atoms with Crippen molar-refractivity contribution in [3.05, 3.63) is 0 Å². The Balaban J connectivity index is 4.22. The van der Waals surface area contributed by atoms with E-state index in [4.69, 9.17) is 15.7 Å². The molecule has 0 aromatic heterocycles. The summed E-state index contributed by atoms with van der Waals surface area (Å²) in [6.07, 6.45) is -5.81. The lowest BCUT2D eigenvalue weighted by Gasteiger charge is -2.27. The first-order valence-corrected chi connectivity index (χ1v) is 7.54. The number of hydrogen-bond donors (Lipinski definition) is 8. The molecule has 0 aromatic rings. The van der Waals surface area contributed by atoms with Gasteiger partial charge in [0.1, 0.15) is 18.3 Å². The second-order valence-corrected chi connectivity index (χ2v) is 5.20. The summed E-state index contributed by atoms with van der Waals surface area (Å²) < 4.78 is 4.73. The Bertz CT molecular complexity index is 436. The standard InChI is InChI=1S/C13H26N4O8/c1-25-12(7(19)6-18)10(22)11(23)13(24)17-16-9(21)5-3-2-4-8(20)15-14/h7,10-12,18-19,22-23H,2-6,14H2,1H3,(H,15,20)(H,16,21)(H,17,24)/t7?,10-,11?,12-/m1/s1. The zero-order valence-electron chi connectivity index (χ0n) is 13.8. The van der Waals surface area contributed by atoms with E-state index in [9.17, 15) is 29.7 Å². The highest BCUT2D eigenvalue weighted by atomic mass is 16.5. The summed E-state index contributed by atoms with van der Waals surface area (Å²) in [6, 6.07) is 0. The summed E-state index contributed by atoms with van der Waals surface area (Å²) in [4.78, 5) is 34.1. The fourth-order valence-corrected chi connectivity index (χ4v) is 1.87. The van der Waals surface area contributed by atoms with Crippen molar-refractivity contribution in [2.45, 2.75) is 50.1 Å². The molecule has 0 fully saturated rings. The van der Waals surface area contributed by atoms with E-state index in [0.29, 0.717) is 12.8 Å². The van der Waals surface area contributed by atoms with Crippen molar-refractivity contribution in [2.24, 2.45) is 5.84 Å². The molecule has 25 heavy (non-hydrogen) atoms. The summed E-state index contributed by atoms with van der Waals surface area (Å²) in [6.45, 7) is -0.747. The zero-order chi connectivity index (χ0) is 19.4. The smallest absolute Gasteiger partial charge is 0.270 e. The molecule has 4 atom stereocenters. The molecule has 0 spiro atoms. The van der Waals surface area contributed by atoms with Crippen LogP contribution >= 0.6 is 0 Å². The molecule has 12 heteroatoms. The van der Waals surface area contributed by atoms with Crippen LogP contribution in [0.3, 0.4) is 0 Å². The molecule has 0 radical (unpaired) electrons. The number of carbonyl (C=O) groups is 3. The van der Waals surface area contributed by atoms with Crippen molar-refractivity contribution < 1.29 is 39.5 Å². The van der Waals surface area contributed by atoms with Crippen LogP contribution in [0.15, 0.2) is 0 Å². The molecule has 0 rings (SSSR count). The van der Waals surface area contributed by atoms with Gasteiger partial charge in [0.2, 0.25) is 11.8 Å². The van der Waals surface area contributed by atoms with Gasteiger partial charge in [-0.05, 0) is 12.8 Å². The minimum Gasteiger partial charge on any atom is -0.394 e. The highest BCUT2D eigenvalue weighted by molar-refractivity contribution is 5.84. The molecule has 146 valence electrons. The average molecular weight is 366 g/mol. The van der Waals surface area contributed by atoms with Crippen molar-refractivity contribution in [1.82, 2.24) is 16.3 Å². The number of unbranched alkanes of at least 4 members (excludes halogenated alkanes) is 1. The fourth-order valence-electron chi connectivity index (χ4n) is 1.87. The molecular formula is C13H26N4O8. The quantitative estimate of drug-likeness (QED) is 0.0771. The van der Waals surface area contributed by atoms with Crippen LogP contribution in [0.25, 0.3) is 0 Å². The van der Waals surface area contributed by atoms with Crippen LogP contribution in [0, 0.1) is 0 Å². The molecule has 0 saturated carbocycles. The zero-order valence-corrected chi connectivity index (χ0v) is 13.8. The normalized spacial score (nSPS) is 15.6. The summed E-state index contributed by atoms with van der Waals surface area (Å²) in [7, 11) is 1.12. The first-order chi connectivity index (χ1) is 11.8. The number of methoxy groups -OCH3 is 1. The topological polar surface area (TPSA) is 203 Å². The van der Waals surface area contributed by atoms with Crippen LogP contribution in [-0.2, 0) is 19.1 Å². The van der Waals surface area contributed by atoms with E-state index in [0.717, 1.165) is 7.11 Å². The number of nitrogens with two attached hydrogens (primary N) is 1. The van der Waals surface area contributed by atoms with Crippen LogP contribution in [0.1, 0.15) is 25.7 Å². The minimum absolute atomic E-state index is 0.0146. The van der Waals surface area contributed by atoms with Gasteiger partial charge in [0.25, 0.3) is 5.91 Å². The third-order valence-corrected chi connectivity index (χ3v) is 3.31. The Morgan fingerprint density at radius 1 is 1.04 bits per heavy atom. The maximum absolute atomic E-state index is 11.7. The van der Waals surface area contributed by atoms with E-state index in [2.05, 4.69) is 0 Å². The largest absolute Gasteiger partial charge is 0.394 e. The third-order valence-electron chi connectivity index (χ3n) is 3.31. The Kier molecular flexibility index (Phi) is 11.6. The first kappa shape index (κ1) is 23.2. The molecule has 0 aromatic carbocycles. The number of hydrogen-bond acceptors (Lipinski definition) is 9.